The number of pyridine rings is 1. The van der Waals surface area contributed by atoms with Gasteiger partial charge in [0.15, 0.2) is 9.84 Å². The SMILES string of the molecule is N#Cc1cc(N)cnc1N1CCCS(=O)(=O)CC1. The van der Waals surface area contributed by atoms with Crippen LogP contribution in [0.1, 0.15) is 12.0 Å². The van der Waals surface area contributed by atoms with E-state index in [2.05, 4.69) is 4.98 Å². The van der Waals surface area contributed by atoms with Crippen LogP contribution >= 0.6 is 0 Å². The predicted octanol–water partition coefficient (Wildman–Crippen LogP) is 0.160. The van der Waals surface area contributed by atoms with E-state index >= 15 is 0 Å². The zero-order chi connectivity index (χ0) is 13.2. The molecule has 96 valence electrons. The molecule has 7 heteroatoms. The second-order valence-corrected chi connectivity index (χ2v) is 6.55. The third-order valence-electron chi connectivity index (χ3n) is 2.86. The van der Waals surface area contributed by atoms with Gasteiger partial charge in [-0.25, -0.2) is 13.4 Å². The van der Waals surface area contributed by atoms with Crippen molar-refractivity contribution in [3.8, 4) is 6.07 Å². The first kappa shape index (κ1) is 12.6. The summed E-state index contributed by atoms with van der Waals surface area (Å²) in [5.41, 5.74) is 6.39. The van der Waals surface area contributed by atoms with E-state index in [0.29, 0.717) is 36.6 Å². The summed E-state index contributed by atoms with van der Waals surface area (Å²) in [6, 6.07) is 3.60. The van der Waals surface area contributed by atoms with Crippen LogP contribution < -0.4 is 10.6 Å². The maximum absolute atomic E-state index is 11.5. The third kappa shape index (κ3) is 2.71. The highest BCUT2D eigenvalue weighted by Gasteiger charge is 2.21. The first-order valence-electron chi connectivity index (χ1n) is 5.63. The van der Waals surface area contributed by atoms with Gasteiger partial charge in [0, 0.05) is 13.1 Å². The van der Waals surface area contributed by atoms with E-state index in [4.69, 9.17) is 11.0 Å². The molecule has 1 fully saturated rings. The van der Waals surface area contributed by atoms with Gasteiger partial charge in [0.25, 0.3) is 0 Å². The predicted molar refractivity (Wildman–Crippen MR) is 68.8 cm³/mol. The van der Waals surface area contributed by atoms with Gasteiger partial charge < -0.3 is 10.6 Å². The van der Waals surface area contributed by atoms with Crippen LogP contribution in [0.5, 0.6) is 0 Å². The number of aromatic nitrogens is 1. The molecule has 1 aromatic rings. The van der Waals surface area contributed by atoms with Gasteiger partial charge in [-0.2, -0.15) is 5.26 Å². The Morgan fingerprint density at radius 3 is 2.89 bits per heavy atom. The quantitative estimate of drug-likeness (QED) is 0.777. The van der Waals surface area contributed by atoms with Crippen LogP contribution in [0.15, 0.2) is 12.3 Å². The van der Waals surface area contributed by atoms with Gasteiger partial charge in [-0.1, -0.05) is 0 Å². The second-order valence-electron chi connectivity index (χ2n) is 4.24. The normalized spacial score (nSPS) is 18.9. The zero-order valence-corrected chi connectivity index (χ0v) is 10.7. The first-order valence-corrected chi connectivity index (χ1v) is 7.45. The number of anilines is 2. The number of nitrogen functional groups attached to an aromatic ring is 1. The summed E-state index contributed by atoms with van der Waals surface area (Å²) in [6.07, 6.45) is 2.04. The van der Waals surface area contributed by atoms with E-state index in [1.165, 1.54) is 6.20 Å². The molecule has 0 spiro atoms. The highest BCUT2D eigenvalue weighted by atomic mass is 32.2. The fraction of sp³-hybridized carbons (Fsp3) is 0.455. The Bertz CT molecular complexity index is 592. The molecule has 0 aromatic carbocycles. The topological polar surface area (TPSA) is 100 Å². The molecule has 0 radical (unpaired) electrons. The average molecular weight is 266 g/mol. The van der Waals surface area contributed by atoms with E-state index in [1.54, 1.807) is 6.07 Å². The lowest BCUT2D eigenvalue weighted by molar-refractivity contribution is 0.597. The highest BCUT2D eigenvalue weighted by molar-refractivity contribution is 7.91. The van der Waals surface area contributed by atoms with Crippen molar-refractivity contribution < 1.29 is 8.42 Å². The highest BCUT2D eigenvalue weighted by Crippen LogP contribution is 2.20. The van der Waals surface area contributed by atoms with Gasteiger partial charge in [0.05, 0.1) is 29.0 Å². The molecule has 0 bridgehead atoms. The van der Waals surface area contributed by atoms with Gasteiger partial charge in [-0.3, -0.25) is 0 Å². The maximum Gasteiger partial charge on any atom is 0.152 e. The Balaban J connectivity index is 2.30. The molecule has 0 unspecified atom stereocenters. The molecule has 2 rings (SSSR count). The minimum atomic E-state index is -2.96. The van der Waals surface area contributed by atoms with Crippen LogP contribution in [0, 0.1) is 11.3 Å². The van der Waals surface area contributed by atoms with Gasteiger partial charge >= 0.3 is 0 Å². The molecule has 0 amide bonds. The number of nitrogens with zero attached hydrogens (tertiary/aromatic N) is 3. The molecule has 1 aromatic heterocycles. The lowest BCUT2D eigenvalue weighted by Gasteiger charge is -2.21. The first-order chi connectivity index (χ1) is 8.52. The Hall–Kier alpha value is -1.81. The Kier molecular flexibility index (Phi) is 3.39. The Labute approximate surface area is 106 Å². The van der Waals surface area contributed by atoms with E-state index in [0.717, 1.165) is 0 Å². The zero-order valence-electron chi connectivity index (χ0n) is 9.83. The third-order valence-corrected chi connectivity index (χ3v) is 4.58. The van der Waals surface area contributed by atoms with Crippen molar-refractivity contribution in [3.63, 3.8) is 0 Å². The van der Waals surface area contributed by atoms with Crippen LogP contribution in [0.2, 0.25) is 0 Å². The molecular weight excluding hydrogens is 252 g/mol. The molecular formula is C11H14N4O2S. The number of hydrogen-bond donors (Lipinski definition) is 1. The summed E-state index contributed by atoms with van der Waals surface area (Å²) >= 11 is 0. The second kappa shape index (κ2) is 4.82. The van der Waals surface area contributed by atoms with Gasteiger partial charge in [0.2, 0.25) is 0 Å². The largest absolute Gasteiger partial charge is 0.397 e. The van der Waals surface area contributed by atoms with Crippen molar-refractivity contribution in [2.24, 2.45) is 0 Å². The lowest BCUT2D eigenvalue weighted by atomic mass is 10.2. The molecule has 18 heavy (non-hydrogen) atoms. The number of nitrogens with two attached hydrogens (primary N) is 1. The number of nitriles is 1. The Morgan fingerprint density at radius 2 is 2.17 bits per heavy atom. The van der Waals surface area contributed by atoms with E-state index in [9.17, 15) is 8.42 Å². The van der Waals surface area contributed by atoms with Crippen LogP contribution in [-0.2, 0) is 9.84 Å². The van der Waals surface area contributed by atoms with Crippen LogP contribution in [0.25, 0.3) is 0 Å². The number of sulfone groups is 1. The van der Waals surface area contributed by atoms with Crippen LogP contribution in [-0.4, -0.2) is 38.0 Å². The van der Waals surface area contributed by atoms with E-state index in [-0.39, 0.29) is 11.5 Å². The standard InChI is InChI=1S/C11H14N4O2S/c12-7-9-6-10(13)8-14-11(9)15-2-1-4-18(16,17)5-3-15/h6,8H,1-5,13H2. The summed E-state index contributed by atoms with van der Waals surface area (Å²) in [5, 5.41) is 9.06. The van der Waals surface area contributed by atoms with Crippen molar-refractivity contribution in [2.75, 3.05) is 35.2 Å². The monoisotopic (exact) mass is 266 g/mol. The van der Waals surface area contributed by atoms with Crippen molar-refractivity contribution in [1.82, 2.24) is 4.98 Å². The molecule has 0 atom stereocenters. The number of hydrogen-bond acceptors (Lipinski definition) is 6. The average Bonchev–Trinajstić information content (AvgIpc) is 2.50. The molecule has 1 aliphatic rings. The minimum Gasteiger partial charge on any atom is -0.397 e. The summed E-state index contributed by atoms with van der Waals surface area (Å²) in [6.45, 7) is 0.957. The fourth-order valence-electron chi connectivity index (χ4n) is 1.96. The molecule has 0 aliphatic carbocycles. The van der Waals surface area contributed by atoms with E-state index in [1.807, 2.05) is 11.0 Å². The van der Waals surface area contributed by atoms with Crippen molar-refractivity contribution in [3.05, 3.63) is 17.8 Å². The summed E-state index contributed by atoms with van der Waals surface area (Å²) in [4.78, 5) is 5.98. The number of rotatable bonds is 1. The van der Waals surface area contributed by atoms with Crippen molar-refractivity contribution in [2.45, 2.75) is 6.42 Å². The molecule has 1 aliphatic heterocycles. The summed E-state index contributed by atoms with van der Waals surface area (Å²) in [5.74, 6) is 0.813. The van der Waals surface area contributed by atoms with Crippen molar-refractivity contribution in [1.29, 1.82) is 5.26 Å². The van der Waals surface area contributed by atoms with Crippen LogP contribution in [0.4, 0.5) is 11.5 Å². The maximum atomic E-state index is 11.5. The smallest absolute Gasteiger partial charge is 0.152 e. The lowest BCUT2D eigenvalue weighted by Crippen LogP contribution is -2.28. The minimum absolute atomic E-state index is 0.101. The van der Waals surface area contributed by atoms with Gasteiger partial charge in [0.1, 0.15) is 11.9 Å². The summed E-state index contributed by atoms with van der Waals surface area (Å²) < 4.78 is 23.0. The van der Waals surface area contributed by atoms with E-state index < -0.39 is 9.84 Å². The Morgan fingerprint density at radius 1 is 1.39 bits per heavy atom. The molecule has 6 nitrogen and oxygen atoms in total. The van der Waals surface area contributed by atoms with Gasteiger partial charge in [-0.15, -0.1) is 0 Å². The van der Waals surface area contributed by atoms with Crippen LogP contribution in [0.3, 0.4) is 0 Å². The molecule has 0 saturated carbocycles. The molecule has 1 saturated heterocycles. The van der Waals surface area contributed by atoms with Gasteiger partial charge in [-0.05, 0) is 12.5 Å². The molecule has 2 N–H and O–H groups in total. The van der Waals surface area contributed by atoms with Crippen molar-refractivity contribution >= 4 is 21.3 Å². The molecule has 2 heterocycles. The fourth-order valence-corrected chi connectivity index (χ4v) is 3.23. The summed E-state index contributed by atoms with van der Waals surface area (Å²) in [7, 11) is -2.96.